The molecular formula is C15H18O5. The van der Waals surface area contributed by atoms with Crippen LogP contribution in [0.5, 0.6) is 0 Å². The van der Waals surface area contributed by atoms with Crippen LogP contribution in [0.4, 0.5) is 0 Å². The van der Waals surface area contributed by atoms with Crippen LogP contribution >= 0.6 is 0 Å². The van der Waals surface area contributed by atoms with Gasteiger partial charge < -0.3 is 14.2 Å². The van der Waals surface area contributed by atoms with Gasteiger partial charge >= 0.3 is 5.97 Å². The second-order valence-electron chi connectivity index (χ2n) is 4.84. The summed E-state index contributed by atoms with van der Waals surface area (Å²) in [6, 6.07) is 8.71. The molecule has 5 nitrogen and oxygen atoms in total. The van der Waals surface area contributed by atoms with Gasteiger partial charge in [0.2, 0.25) is 6.29 Å². The molecular weight excluding hydrogens is 260 g/mol. The second kappa shape index (κ2) is 6.15. The Balaban J connectivity index is 2.00. The number of rotatable bonds is 4. The molecule has 0 aromatic heterocycles. The predicted molar refractivity (Wildman–Crippen MR) is 71.2 cm³/mol. The fourth-order valence-corrected chi connectivity index (χ4v) is 2.27. The van der Waals surface area contributed by atoms with Crippen LogP contribution in [-0.4, -0.2) is 37.4 Å². The first-order chi connectivity index (χ1) is 9.54. The Morgan fingerprint density at radius 3 is 2.50 bits per heavy atom. The van der Waals surface area contributed by atoms with Crippen molar-refractivity contribution in [3.05, 3.63) is 35.9 Å². The highest BCUT2D eigenvalue weighted by molar-refractivity contribution is 5.89. The summed E-state index contributed by atoms with van der Waals surface area (Å²) >= 11 is 0. The molecule has 0 saturated carbocycles. The van der Waals surface area contributed by atoms with Gasteiger partial charge in [0, 0.05) is 7.11 Å². The second-order valence-corrected chi connectivity index (χ2v) is 4.84. The first-order valence-electron chi connectivity index (χ1n) is 6.52. The van der Waals surface area contributed by atoms with Gasteiger partial charge in [0.05, 0.1) is 11.5 Å². The van der Waals surface area contributed by atoms with Crippen LogP contribution in [0.1, 0.15) is 24.2 Å². The monoisotopic (exact) mass is 278 g/mol. The van der Waals surface area contributed by atoms with Crippen molar-refractivity contribution in [2.24, 2.45) is 5.92 Å². The zero-order valence-electron chi connectivity index (χ0n) is 11.7. The van der Waals surface area contributed by atoms with Crippen LogP contribution in [0.2, 0.25) is 0 Å². The van der Waals surface area contributed by atoms with Gasteiger partial charge in [-0.25, -0.2) is 4.79 Å². The maximum Gasteiger partial charge on any atom is 0.338 e. The lowest BCUT2D eigenvalue weighted by atomic mass is 9.99. The predicted octanol–water partition coefficient (Wildman–Crippen LogP) is 1.81. The summed E-state index contributed by atoms with van der Waals surface area (Å²) in [6.07, 6.45) is -1.88. The number of ketones is 1. The molecule has 20 heavy (non-hydrogen) atoms. The summed E-state index contributed by atoms with van der Waals surface area (Å²) in [7, 11) is 1.41. The molecule has 1 aromatic carbocycles. The summed E-state index contributed by atoms with van der Waals surface area (Å²) < 4.78 is 15.8. The molecule has 1 aliphatic rings. The first-order valence-corrected chi connectivity index (χ1v) is 6.52. The fourth-order valence-electron chi connectivity index (χ4n) is 2.27. The van der Waals surface area contributed by atoms with Crippen LogP contribution < -0.4 is 0 Å². The smallest absolute Gasteiger partial charge is 0.338 e. The van der Waals surface area contributed by atoms with Crippen molar-refractivity contribution < 1.29 is 23.8 Å². The van der Waals surface area contributed by atoms with Crippen LogP contribution in [0.25, 0.3) is 0 Å². The number of carbonyl (C=O) groups is 2. The van der Waals surface area contributed by atoms with Gasteiger partial charge in [-0.1, -0.05) is 25.1 Å². The van der Waals surface area contributed by atoms with Crippen molar-refractivity contribution in [3.8, 4) is 0 Å². The van der Waals surface area contributed by atoms with Crippen LogP contribution in [0.15, 0.2) is 30.3 Å². The maximum atomic E-state index is 12.0. The third kappa shape index (κ3) is 2.89. The van der Waals surface area contributed by atoms with Gasteiger partial charge in [0.1, 0.15) is 12.2 Å². The molecule has 4 unspecified atom stereocenters. The lowest BCUT2D eigenvalue weighted by Gasteiger charge is -2.21. The maximum absolute atomic E-state index is 12.0. The van der Waals surface area contributed by atoms with Crippen molar-refractivity contribution in [2.45, 2.75) is 32.3 Å². The zero-order valence-corrected chi connectivity index (χ0v) is 11.7. The zero-order chi connectivity index (χ0) is 14.7. The number of esters is 1. The van der Waals surface area contributed by atoms with E-state index in [2.05, 4.69) is 0 Å². The highest BCUT2D eigenvalue weighted by Crippen LogP contribution is 2.27. The summed E-state index contributed by atoms with van der Waals surface area (Å²) in [4.78, 5) is 23.8. The Bertz CT molecular complexity index is 484. The molecule has 2 rings (SSSR count). The Morgan fingerprint density at radius 1 is 1.30 bits per heavy atom. The lowest BCUT2D eigenvalue weighted by Crippen LogP contribution is -2.33. The number of benzene rings is 1. The molecule has 0 bridgehead atoms. The molecule has 1 saturated heterocycles. The third-order valence-electron chi connectivity index (χ3n) is 3.43. The Morgan fingerprint density at radius 2 is 1.95 bits per heavy atom. The Labute approximate surface area is 117 Å². The summed E-state index contributed by atoms with van der Waals surface area (Å²) in [5, 5.41) is 0. The van der Waals surface area contributed by atoms with E-state index < -0.39 is 24.5 Å². The largest absolute Gasteiger partial charge is 0.456 e. The number of Topliss-reactive ketones (excluding diaryl/α,β-unsaturated/α-hetero) is 1. The number of hydrogen-bond donors (Lipinski definition) is 0. The first kappa shape index (κ1) is 14.7. The molecule has 0 aliphatic carbocycles. The van der Waals surface area contributed by atoms with Crippen molar-refractivity contribution in [1.82, 2.24) is 0 Å². The van der Waals surface area contributed by atoms with E-state index in [9.17, 15) is 9.59 Å². The number of methoxy groups -OCH3 is 1. The fraction of sp³-hybridized carbons (Fsp3) is 0.467. The Hall–Kier alpha value is -1.72. The summed E-state index contributed by atoms with van der Waals surface area (Å²) in [5.41, 5.74) is 0.472. The minimum Gasteiger partial charge on any atom is -0.456 e. The molecule has 0 spiro atoms. The average Bonchev–Trinajstić information content (AvgIpc) is 2.76. The summed E-state index contributed by atoms with van der Waals surface area (Å²) in [6.45, 7) is 3.46. The normalized spacial score (nSPS) is 27.4. The lowest BCUT2D eigenvalue weighted by molar-refractivity contribution is -0.157. The van der Waals surface area contributed by atoms with Gasteiger partial charge in [0.15, 0.2) is 5.78 Å². The number of ether oxygens (including phenoxy) is 3. The van der Waals surface area contributed by atoms with Crippen molar-refractivity contribution in [2.75, 3.05) is 7.11 Å². The number of carbonyl (C=O) groups excluding carboxylic acids is 2. The van der Waals surface area contributed by atoms with E-state index in [1.54, 1.807) is 38.1 Å². The van der Waals surface area contributed by atoms with E-state index in [0.29, 0.717) is 5.56 Å². The highest BCUT2D eigenvalue weighted by Gasteiger charge is 2.44. The van der Waals surface area contributed by atoms with Gasteiger partial charge in [-0.2, -0.15) is 0 Å². The standard InChI is InChI=1S/C15H18O5/c1-9-12(16)15(18-3)20-13(9)10(2)19-14(17)11-7-5-4-6-8-11/h4-10,13,15H,1-3H3. The number of hydrogen-bond acceptors (Lipinski definition) is 5. The summed E-state index contributed by atoms with van der Waals surface area (Å²) in [5.74, 6) is -0.916. The van der Waals surface area contributed by atoms with Gasteiger partial charge in [-0.05, 0) is 19.1 Å². The van der Waals surface area contributed by atoms with E-state index in [1.807, 2.05) is 6.07 Å². The van der Waals surface area contributed by atoms with Crippen molar-refractivity contribution in [1.29, 1.82) is 0 Å². The van der Waals surface area contributed by atoms with Gasteiger partial charge in [-0.3, -0.25) is 4.79 Å². The average molecular weight is 278 g/mol. The minimum atomic E-state index is -0.868. The van der Waals surface area contributed by atoms with E-state index in [1.165, 1.54) is 7.11 Å². The molecule has 1 heterocycles. The van der Waals surface area contributed by atoms with Crippen LogP contribution in [0, 0.1) is 5.92 Å². The van der Waals surface area contributed by atoms with Gasteiger partial charge in [0.25, 0.3) is 0 Å². The van der Waals surface area contributed by atoms with Gasteiger partial charge in [-0.15, -0.1) is 0 Å². The van der Waals surface area contributed by atoms with E-state index >= 15 is 0 Å². The molecule has 1 aromatic rings. The third-order valence-corrected chi connectivity index (χ3v) is 3.43. The highest BCUT2D eigenvalue weighted by atomic mass is 16.7. The molecule has 108 valence electrons. The van der Waals surface area contributed by atoms with E-state index in [-0.39, 0.29) is 11.7 Å². The van der Waals surface area contributed by atoms with Crippen molar-refractivity contribution >= 4 is 11.8 Å². The molecule has 4 atom stereocenters. The Kier molecular flexibility index (Phi) is 4.52. The van der Waals surface area contributed by atoms with Crippen LogP contribution in [-0.2, 0) is 19.0 Å². The van der Waals surface area contributed by atoms with E-state index in [4.69, 9.17) is 14.2 Å². The minimum absolute atomic E-state index is 0.125. The quantitative estimate of drug-likeness (QED) is 0.786. The molecule has 0 radical (unpaired) electrons. The molecule has 0 amide bonds. The molecule has 0 N–H and O–H groups in total. The molecule has 1 fully saturated rings. The van der Waals surface area contributed by atoms with Crippen molar-refractivity contribution in [3.63, 3.8) is 0 Å². The molecule has 1 aliphatic heterocycles. The SMILES string of the molecule is COC1OC(C(C)OC(=O)c2ccccc2)C(C)C1=O. The van der Waals surface area contributed by atoms with E-state index in [0.717, 1.165) is 0 Å². The topological polar surface area (TPSA) is 61.8 Å². The molecule has 5 heteroatoms. The van der Waals surface area contributed by atoms with Crippen LogP contribution in [0.3, 0.4) is 0 Å².